The molecular weight excluding hydrogens is 484 g/mol. The van der Waals surface area contributed by atoms with Crippen LogP contribution < -0.4 is 10.9 Å². The Bertz CT molecular complexity index is 1400. The Balaban J connectivity index is 1.58. The summed E-state index contributed by atoms with van der Waals surface area (Å²) in [6.45, 7) is 0.0664. The highest BCUT2D eigenvalue weighted by molar-refractivity contribution is 7.98. The molecule has 0 saturated heterocycles. The molecular formula is C27H23ClN2O4S. The van der Waals surface area contributed by atoms with Crippen LogP contribution in [0.1, 0.15) is 21.5 Å². The predicted octanol–water partition coefficient (Wildman–Crippen LogP) is 4.99. The first-order chi connectivity index (χ1) is 16.9. The molecule has 0 aliphatic carbocycles. The molecule has 6 nitrogen and oxygen atoms in total. The van der Waals surface area contributed by atoms with E-state index in [1.54, 1.807) is 42.1 Å². The Kier molecular flexibility index (Phi) is 7.90. The van der Waals surface area contributed by atoms with Crippen molar-refractivity contribution in [2.45, 2.75) is 24.0 Å². The maximum Gasteiger partial charge on any atom is 0.329 e. The van der Waals surface area contributed by atoms with E-state index < -0.39 is 17.9 Å². The van der Waals surface area contributed by atoms with Crippen molar-refractivity contribution in [1.29, 1.82) is 0 Å². The number of thioether (sulfide) groups is 1. The van der Waals surface area contributed by atoms with Crippen LogP contribution in [0.2, 0.25) is 5.02 Å². The number of nitrogens with one attached hydrogen (secondary N) is 2. The number of benzene rings is 3. The molecule has 4 aromatic rings. The van der Waals surface area contributed by atoms with Gasteiger partial charge in [0.25, 0.3) is 5.91 Å². The average molecular weight is 507 g/mol. The number of aromatic amines is 1. The van der Waals surface area contributed by atoms with Crippen LogP contribution in [0.3, 0.4) is 0 Å². The molecule has 178 valence electrons. The van der Waals surface area contributed by atoms with Gasteiger partial charge in [-0.15, -0.1) is 11.8 Å². The molecule has 3 aromatic carbocycles. The molecule has 0 fully saturated rings. The van der Waals surface area contributed by atoms with Gasteiger partial charge in [0.2, 0.25) is 5.56 Å². The van der Waals surface area contributed by atoms with Crippen LogP contribution in [0.4, 0.5) is 0 Å². The average Bonchev–Trinajstić information content (AvgIpc) is 2.87. The molecule has 0 radical (unpaired) electrons. The van der Waals surface area contributed by atoms with Crippen molar-refractivity contribution < 1.29 is 14.3 Å². The second kappa shape index (κ2) is 11.3. The Morgan fingerprint density at radius 2 is 1.74 bits per heavy atom. The molecule has 1 aromatic heterocycles. The zero-order chi connectivity index (χ0) is 24.8. The van der Waals surface area contributed by atoms with Crippen LogP contribution in [0.25, 0.3) is 10.9 Å². The first-order valence-electron chi connectivity index (χ1n) is 10.9. The van der Waals surface area contributed by atoms with Crippen molar-refractivity contribution in [1.82, 2.24) is 10.3 Å². The standard InChI is InChI=1S/C27H23ClN2O4S/c1-35-21-12-6-17(7-13-21)16-34-27(33)24(30-26(32)18-8-10-20(28)11-9-18)14-19-15-25(31)29-23-5-3-2-4-22(19)23/h2-13,15,24H,14,16H2,1H3,(H,29,31)(H,30,32). The number of pyridine rings is 1. The van der Waals surface area contributed by atoms with Crippen LogP contribution in [0.5, 0.6) is 0 Å². The summed E-state index contributed by atoms with van der Waals surface area (Å²) in [6.07, 6.45) is 2.08. The highest BCUT2D eigenvalue weighted by Crippen LogP contribution is 2.19. The molecule has 1 unspecified atom stereocenters. The van der Waals surface area contributed by atoms with Crippen LogP contribution in [0.15, 0.2) is 88.6 Å². The van der Waals surface area contributed by atoms with Crippen molar-refractivity contribution in [3.8, 4) is 0 Å². The van der Waals surface area contributed by atoms with Gasteiger partial charge in [0.05, 0.1) is 0 Å². The number of amides is 1. The van der Waals surface area contributed by atoms with Gasteiger partial charge in [0, 0.05) is 38.9 Å². The molecule has 4 rings (SSSR count). The summed E-state index contributed by atoms with van der Waals surface area (Å²) >= 11 is 7.55. The normalized spacial score (nSPS) is 11.7. The predicted molar refractivity (Wildman–Crippen MR) is 139 cm³/mol. The zero-order valence-electron chi connectivity index (χ0n) is 18.9. The third kappa shape index (κ3) is 6.32. The molecule has 35 heavy (non-hydrogen) atoms. The zero-order valence-corrected chi connectivity index (χ0v) is 20.5. The lowest BCUT2D eigenvalue weighted by Crippen LogP contribution is -2.43. The first-order valence-corrected chi connectivity index (χ1v) is 12.5. The lowest BCUT2D eigenvalue weighted by molar-refractivity contribution is -0.147. The lowest BCUT2D eigenvalue weighted by Gasteiger charge is -2.19. The summed E-state index contributed by atoms with van der Waals surface area (Å²) in [5, 5.41) is 4.06. The number of hydrogen-bond donors (Lipinski definition) is 2. The highest BCUT2D eigenvalue weighted by Gasteiger charge is 2.25. The summed E-state index contributed by atoms with van der Waals surface area (Å²) in [5.41, 5.74) is 2.19. The van der Waals surface area contributed by atoms with E-state index in [9.17, 15) is 14.4 Å². The molecule has 0 aliphatic heterocycles. The third-order valence-electron chi connectivity index (χ3n) is 5.50. The summed E-state index contributed by atoms with van der Waals surface area (Å²) in [7, 11) is 0. The van der Waals surface area contributed by atoms with Crippen LogP contribution in [-0.2, 0) is 22.6 Å². The Morgan fingerprint density at radius 1 is 1.03 bits per heavy atom. The minimum atomic E-state index is -1.01. The summed E-state index contributed by atoms with van der Waals surface area (Å²) in [6, 6.07) is 21.8. The van der Waals surface area contributed by atoms with Gasteiger partial charge in [-0.05, 0) is 59.8 Å². The first kappa shape index (κ1) is 24.6. The number of para-hydroxylation sites is 1. The van der Waals surface area contributed by atoms with Crippen LogP contribution in [0, 0.1) is 0 Å². The molecule has 1 atom stereocenters. The van der Waals surface area contributed by atoms with Gasteiger partial charge in [0.1, 0.15) is 12.6 Å². The monoisotopic (exact) mass is 506 g/mol. The molecule has 1 heterocycles. The van der Waals surface area contributed by atoms with Crippen LogP contribution >= 0.6 is 23.4 Å². The second-order valence-electron chi connectivity index (χ2n) is 7.90. The van der Waals surface area contributed by atoms with E-state index in [2.05, 4.69) is 10.3 Å². The topological polar surface area (TPSA) is 88.3 Å². The number of carbonyl (C=O) groups excluding carboxylic acids is 2. The number of carbonyl (C=O) groups is 2. The number of ether oxygens (including phenoxy) is 1. The Hall–Kier alpha value is -3.55. The van der Waals surface area contributed by atoms with Crippen molar-refractivity contribution in [3.63, 3.8) is 0 Å². The third-order valence-corrected chi connectivity index (χ3v) is 6.49. The molecule has 0 saturated carbocycles. The van der Waals surface area contributed by atoms with Gasteiger partial charge in [-0.1, -0.05) is 41.9 Å². The van der Waals surface area contributed by atoms with Crippen molar-refractivity contribution in [3.05, 3.63) is 111 Å². The van der Waals surface area contributed by atoms with E-state index in [1.165, 1.54) is 6.07 Å². The smallest absolute Gasteiger partial charge is 0.329 e. The Morgan fingerprint density at radius 3 is 2.46 bits per heavy atom. The quantitative estimate of drug-likeness (QED) is 0.260. The van der Waals surface area contributed by atoms with E-state index in [0.29, 0.717) is 21.7 Å². The van der Waals surface area contributed by atoms with Crippen molar-refractivity contribution in [2.75, 3.05) is 6.26 Å². The maximum atomic E-state index is 13.1. The van der Waals surface area contributed by atoms with Gasteiger partial charge in [-0.3, -0.25) is 9.59 Å². The van der Waals surface area contributed by atoms with E-state index in [0.717, 1.165) is 15.8 Å². The van der Waals surface area contributed by atoms with Gasteiger partial charge in [0.15, 0.2) is 0 Å². The van der Waals surface area contributed by atoms with Crippen molar-refractivity contribution in [2.24, 2.45) is 0 Å². The fraction of sp³-hybridized carbons (Fsp3) is 0.148. The number of rotatable bonds is 8. The molecule has 8 heteroatoms. The molecule has 0 aliphatic rings. The lowest BCUT2D eigenvalue weighted by atomic mass is 10.0. The summed E-state index contributed by atoms with van der Waals surface area (Å²) in [4.78, 5) is 42.2. The van der Waals surface area contributed by atoms with Gasteiger partial charge < -0.3 is 15.0 Å². The van der Waals surface area contributed by atoms with Crippen LogP contribution in [-0.4, -0.2) is 29.2 Å². The summed E-state index contributed by atoms with van der Waals surface area (Å²) in [5.74, 6) is -1.03. The van der Waals surface area contributed by atoms with E-state index in [4.69, 9.17) is 16.3 Å². The van der Waals surface area contributed by atoms with Crippen molar-refractivity contribution >= 4 is 46.1 Å². The minimum Gasteiger partial charge on any atom is -0.459 e. The number of esters is 1. The van der Waals surface area contributed by atoms with Gasteiger partial charge in [-0.25, -0.2) is 4.79 Å². The van der Waals surface area contributed by atoms with E-state index in [-0.39, 0.29) is 18.6 Å². The minimum absolute atomic E-state index is 0.0664. The van der Waals surface area contributed by atoms with E-state index in [1.807, 2.05) is 48.7 Å². The maximum absolute atomic E-state index is 13.1. The molecule has 1 amide bonds. The summed E-state index contributed by atoms with van der Waals surface area (Å²) < 4.78 is 5.57. The van der Waals surface area contributed by atoms with Gasteiger partial charge in [-0.2, -0.15) is 0 Å². The van der Waals surface area contributed by atoms with Gasteiger partial charge >= 0.3 is 5.97 Å². The second-order valence-corrected chi connectivity index (χ2v) is 9.21. The number of halogens is 1. The molecule has 2 N–H and O–H groups in total. The number of H-pyrrole nitrogens is 1. The number of hydrogen-bond acceptors (Lipinski definition) is 5. The highest BCUT2D eigenvalue weighted by atomic mass is 35.5. The fourth-order valence-corrected chi connectivity index (χ4v) is 4.21. The largest absolute Gasteiger partial charge is 0.459 e. The fourth-order valence-electron chi connectivity index (χ4n) is 3.68. The SMILES string of the molecule is CSc1ccc(COC(=O)C(Cc2cc(=O)[nH]c3ccccc23)NC(=O)c2ccc(Cl)cc2)cc1. The Labute approximate surface area is 211 Å². The number of aromatic nitrogens is 1. The van der Waals surface area contributed by atoms with E-state index >= 15 is 0 Å². The number of fused-ring (bicyclic) bond motifs is 1. The molecule has 0 bridgehead atoms. The molecule has 0 spiro atoms.